The van der Waals surface area contributed by atoms with Crippen molar-refractivity contribution in [3.63, 3.8) is 0 Å². The van der Waals surface area contributed by atoms with Crippen LogP contribution in [-0.4, -0.2) is 37.2 Å². The largest absolute Gasteiger partial charge is 0.313 e. The minimum absolute atomic E-state index is 0.112. The molecule has 0 fully saturated rings. The number of benzene rings is 1. The highest BCUT2D eigenvalue weighted by atomic mass is 16.1. The van der Waals surface area contributed by atoms with E-state index in [1.807, 2.05) is 36.1 Å². The lowest BCUT2D eigenvalue weighted by Crippen LogP contribution is -2.21. The molecule has 4 heterocycles. The summed E-state index contributed by atoms with van der Waals surface area (Å²) in [5.74, 6) is 0. The maximum atomic E-state index is 12.7. The van der Waals surface area contributed by atoms with E-state index in [0.717, 1.165) is 47.2 Å². The highest BCUT2D eigenvalue weighted by Crippen LogP contribution is 2.23. The first-order chi connectivity index (χ1) is 13.2. The van der Waals surface area contributed by atoms with Gasteiger partial charge in [0.05, 0.1) is 29.3 Å². The second-order valence-electron chi connectivity index (χ2n) is 6.71. The fraction of sp³-hybridized carbons (Fsp3) is 0.200. The van der Waals surface area contributed by atoms with Crippen LogP contribution in [0.3, 0.4) is 0 Å². The van der Waals surface area contributed by atoms with Gasteiger partial charge in [-0.05, 0) is 30.7 Å². The lowest BCUT2D eigenvalue weighted by atomic mass is 10.1. The lowest BCUT2D eigenvalue weighted by molar-refractivity contribution is 0.736. The summed E-state index contributed by atoms with van der Waals surface area (Å²) >= 11 is 0. The average Bonchev–Trinajstić information content (AvgIpc) is 3.08. The van der Waals surface area contributed by atoms with Crippen molar-refractivity contribution in [1.29, 1.82) is 0 Å². The molecule has 0 amide bonds. The topological polar surface area (TPSA) is 77.1 Å². The van der Waals surface area contributed by atoms with Crippen LogP contribution < -0.4 is 10.9 Å². The van der Waals surface area contributed by atoms with Gasteiger partial charge in [0.2, 0.25) is 0 Å². The minimum atomic E-state index is -0.112. The fourth-order valence-electron chi connectivity index (χ4n) is 3.50. The van der Waals surface area contributed by atoms with Crippen molar-refractivity contribution >= 4 is 22.1 Å². The summed E-state index contributed by atoms with van der Waals surface area (Å²) in [5, 5.41) is 8.56. The van der Waals surface area contributed by atoms with Crippen LogP contribution in [0.2, 0.25) is 0 Å². The molecule has 0 unspecified atom stereocenters. The SMILES string of the molecule is Cn1ncc2cc(-c3cc(=O)n4cc(C5=CCNCC5)ncc4n3)ccc21. The van der Waals surface area contributed by atoms with Gasteiger partial charge in [-0.15, -0.1) is 0 Å². The Balaban J connectivity index is 1.61. The Morgan fingerprint density at radius 3 is 2.93 bits per heavy atom. The average molecular weight is 358 g/mol. The molecular weight excluding hydrogens is 340 g/mol. The van der Waals surface area contributed by atoms with Crippen LogP contribution in [0.15, 0.2) is 53.7 Å². The fourth-order valence-corrected chi connectivity index (χ4v) is 3.50. The summed E-state index contributed by atoms with van der Waals surface area (Å²) in [6.07, 6.45) is 8.30. The number of fused-ring (bicyclic) bond motifs is 2. The summed E-state index contributed by atoms with van der Waals surface area (Å²) in [6.45, 7) is 1.76. The number of hydrogen-bond donors (Lipinski definition) is 1. The van der Waals surface area contributed by atoms with Gasteiger partial charge in [0.25, 0.3) is 5.56 Å². The third-order valence-electron chi connectivity index (χ3n) is 4.98. The first-order valence-corrected chi connectivity index (χ1v) is 8.91. The first-order valence-electron chi connectivity index (χ1n) is 8.91. The van der Waals surface area contributed by atoms with E-state index in [2.05, 4.69) is 26.5 Å². The van der Waals surface area contributed by atoms with Crippen molar-refractivity contribution in [1.82, 2.24) is 29.5 Å². The molecule has 0 aliphatic carbocycles. The highest BCUT2D eigenvalue weighted by Gasteiger charge is 2.11. The molecule has 1 N–H and O–H groups in total. The molecular formula is C20H18N6O. The number of nitrogens with zero attached hydrogens (tertiary/aromatic N) is 5. The van der Waals surface area contributed by atoms with E-state index in [0.29, 0.717) is 11.3 Å². The normalized spacial score (nSPS) is 14.6. The van der Waals surface area contributed by atoms with Gasteiger partial charge in [0.1, 0.15) is 0 Å². The molecule has 0 bridgehead atoms. The summed E-state index contributed by atoms with van der Waals surface area (Å²) in [7, 11) is 1.91. The monoisotopic (exact) mass is 358 g/mol. The van der Waals surface area contributed by atoms with Gasteiger partial charge >= 0.3 is 0 Å². The van der Waals surface area contributed by atoms with E-state index >= 15 is 0 Å². The van der Waals surface area contributed by atoms with Crippen LogP contribution >= 0.6 is 0 Å². The van der Waals surface area contributed by atoms with E-state index < -0.39 is 0 Å². The Bertz CT molecular complexity index is 1270. The number of aromatic nitrogens is 5. The Morgan fingerprint density at radius 2 is 2.07 bits per heavy atom. The van der Waals surface area contributed by atoms with E-state index in [9.17, 15) is 4.79 Å². The molecule has 0 saturated carbocycles. The zero-order valence-corrected chi connectivity index (χ0v) is 14.9. The number of rotatable bonds is 2. The van der Waals surface area contributed by atoms with Gasteiger partial charge in [-0.25, -0.2) is 4.98 Å². The van der Waals surface area contributed by atoms with Gasteiger partial charge < -0.3 is 5.32 Å². The van der Waals surface area contributed by atoms with Crippen LogP contribution in [0.25, 0.3) is 33.4 Å². The van der Waals surface area contributed by atoms with Gasteiger partial charge in [0, 0.05) is 36.8 Å². The van der Waals surface area contributed by atoms with Gasteiger partial charge in [-0.3, -0.25) is 18.9 Å². The van der Waals surface area contributed by atoms with E-state index in [4.69, 9.17) is 0 Å². The highest BCUT2D eigenvalue weighted by molar-refractivity contribution is 5.84. The second kappa shape index (κ2) is 6.14. The molecule has 5 rings (SSSR count). The molecule has 0 saturated heterocycles. The van der Waals surface area contributed by atoms with Gasteiger partial charge in [0.15, 0.2) is 5.65 Å². The van der Waals surface area contributed by atoms with Gasteiger partial charge in [-0.1, -0.05) is 12.1 Å². The summed E-state index contributed by atoms with van der Waals surface area (Å²) in [5.41, 5.74) is 4.99. The predicted octanol–water partition coefficient (Wildman–Crippen LogP) is 2.02. The molecule has 0 atom stereocenters. The maximum Gasteiger partial charge on any atom is 0.258 e. The van der Waals surface area contributed by atoms with E-state index in [-0.39, 0.29) is 5.56 Å². The number of hydrogen-bond acceptors (Lipinski definition) is 5. The maximum absolute atomic E-state index is 12.7. The Hall–Kier alpha value is -3.32. The molecule has 3 aromatic heterocycles. The van der Waals surface area contributed by atoms with Crippen molar-refractivity contribution in [2.45, 2.75) is 6.42 Å². The molecule has 1 aromatic carbocycles. The molecule has 1 aliphatic rings. The zero-order chi connectivity index (χ0) is 18.4. The van der Waals surface area contributed by atoms with Gasteiger partial charge in [-0.2, -0.15) is 5.10 Å². The molecule has 4 aromatic rings. The third-order valence-corrected chi connectivity index (χ3v) is 4.98. The summed E-state index contributed by atoms with van der Waals surface area (Å²) in [4.78, 5) is 21.9. The Morgan fingerprint density at radius 1 is 1.15 bits per heavy atom. The van der Waals surface area contributed by atoms with Crippen LogP contribution in [0.1, 0.15) is 12.1 Å². The summed E-state index contributed by atoms with van der Waals surface area (Å²) in [6, 6.07) is 7.53. The Labute approximate surface area is 155 Å². The van der Waals surface area contributed by atoms with Crippen molar-refractivity contribution < 1.29 is 0 Å². The smallest absolute Gasteiger partial charge is 0.258 e. The molecule has 27 heavy (non-hydrogen) atoms. The first kappa shape index (κ1) is 15.9. The molecule has 1 aliphatic heterocycles. The molecule has 134 valence electrons. The van der Waals surface area contributed by atoms with Crippen LogP contribution in [-0.2, 0) is 7.05 Å². The number of nitrogens with one attached hydrogen (secondary N) is 1. The number of aryl methyl sites for hydroxylation is 1. The standard InChI is InChI=1S/C20H18N6O/c1-25-18-3-2-14(8-15(18)10-23-25)16-9-20(27)26-12-17(22-11-19(26)24-16)13-4-6-21-7-5-13/h2-4,8-12,21H,5-7H2,1H3. The van der Waals surface area contributed by atoms with E-state index in [1.54, 1.807) is 22.9 Å². The molecule has 7 nitrogen and oxygen atoms in total. The van der Waals surface area contributed by atoms with Crippen LogP contribution in [0.5, 0.6) is 0 Å². The summed E-state index contributed by atoms with van der Waals surface area (Å²) < 4.78 is 3.39. The molecule has 7 heteroatoms. The predicted molar refractivity (Wildman–Crippen MR) is 104 cm³/mol. The Kier molecular flexibility index (Phi) is 3.61. The zero-order valence-electron chi connectivity index (χ0n) is 14.9. The van der Waals surface area contributed by atoms with Crippen molar-refractivity contribution in [2.75, 3.05) is 13.1 Å². The van der Waals surface area contributed by atoms with Crippen LogP contribution in [0, 0.1) is 0 Å². The van der Waals surface area contributed by atoms with Crippen molar-refractivity contribution in [2.24, 2.45) is 7.05 Å². The second-order valence-corrected chi connectivity index (χ2v) is 6.71. The lowest BCUT2D eigenvalue weighted by Gasteiger charge is -2.14. The molecule has 0 spiro atoms. The third kappa shape index (κ3) is 2.72. The quantitative estimate of drug-likeness (QED) is 0.593. The van der Waals surface area contributed by atoms with Crippen molar-refractivity contribution in [3.8, 4) is 11.3 Å². The molecule has 0 radical (unpaired) electrons. The van der Waals surface area contributed by atoms with Crippen molar-refractivity contribution in [3.05, 3.63) is 65.0 Å². The minimum Gasteiger partial charge on any atom is -0.313 e. The van der Waals surface area contributed by atoms with E-state index in [1.165, 1.54) is 0 Å². The van der Waals surface area contributed by atoms with Crippen LogP contribution in [0.4, 0.5) is 0 Å².